The van der Waals surface area contributed by atoms with Gasteiger partial charge in [-0.3, -0.25) is 29.1 Å². The van der Waals surface area contributed by atoms with E-state index >= 15 is 0 Å². The maximum Gasteiger partial charge on any atom is 0.261 e. The summed E-state index contributed by atoms with van der Waals surface area (Å²) in [5, 5.41) is 3.01. The lowest BCUT2D eigenvalue weighted by Gasteiger charge is -2.32. The van der Waals surface area contributed by atoms with Gasteiger partial charge < -0.3 is 10.2 Å². The zero-order chi connectivity index (χ0) is 22.7. The van der Waals surface area contributed by atoms with E-state index in [0.29, 0.717) is 49.0 Å². The molecule has 1 saturated heterocycles. The van der Waals surface area contributed by atoms with Crippen molar-refractivity contribution >= 4 is 23.6 Å². The Hall–Kier alpha value is -3.55. The standard InChI is InChI=1S/C24H26N4O4/c1-16-4-5-19-20(15-16)24(32)28(23(19)31)12-2-3-21(29)27-13-8-18(9-14-27)26-22(30)17-6-10-25-11-7-17/h4-7,10-11,15,18H,2-3,8-9,12-14H2,1H3,(H,26,30). The van der Waals surface area contributed by atoms with Gasteiger partial charge in [0.15, 0.2) is 0 Å². The Morgan fingerprint density at radius 2 is 1.72 bits per heavy atom. The number of carbonyl (C=O) groups is 4. The van der Waals surface area contributed by atoms with Crippen LogP contribution in [0.4, 0.5) is 0 Å². The molecule has 1 N–H and O–H groups in total. The molecule has 0 aliphatic carbocycles. The molecule has 32 heavy (non-hydrogen) atoms. The largest absolute Gasteiger partial charge is 0.349 e. The van der Waals surface area contributed by atoms with Gasteiger partial charge >= 0.3 is 0 Å². The first-order chi connectivity index (χ1) is 15.4. The summed E-state index contributed by atoms with van der Waals surface area (Å²) in [5.41, 5.74) is 2.38. The van der Waals surface area contributed by atoms with Gasteiger partial charge in [0, 0.05) is 50.1 Å². The molecule has 4 amide bonds. The van der Waals surface area contributed by atoms with E-state index in [1.807, 2.05) is 13.0 Å². The van der Waals surface area contributed by atoms with Gasteiger partial charge in [-0.15, -0.1) is 0 Å². The molecule has 166 valence electrons. The number of hydrogen-bond acceptors (Lipinski definition) is 5. The van der Waals surface area contributed by atoms with Gasteiger partial charge in [0.2, 0.25) is 5.91 Å². The topological polar surface area (TPSA) is 99.7 Å². The highest BCUT2D eigenvalue weighted by atomic mass is 16.2. The van der Waals surface area contributed by atoms with Crippen molar-refractivity contribution in [1.82, 2.24) is 20.1 Å². The lowest BCUT2D eigenvalue weighted by Crippen LogP contribution is -2.46. The van der Waals surface area contributed by atoms with E-state index in [0.717, 1.165) is 5.56 Å². The lowest BCUT2D eigenvalue weighted by atomic mass is 10.0. The number of rotatable bonds is 6. The van der Waals surface area contributed by atoms with Crippen molar-refractivity contribution in [2.75, 3.05) is 19.6 Å². The monoisotopic (exact) mass is 434 g/mol. The molecule has 2 aromatic rings. The second-order valence-corrected chi connectivity index (χ2v) is 8.28. The molecule has 8 nitrogen and oxygen atoms in total. The predicted octanol–water partition coefficient (Wildman–Crippen LogP) is 2.19. The van der Waals surface area contributed by atoms with E-state index in [-0.39, 0.29) is 42.6 Å². The van der Waals surface area contributed by atoms with Crippen LogP contribution in [0.25, 0.3) is 0 Å². The fourth-order valence-corrected chi connectivity index (χ4v) is 4.20. The Morgan fingerprint density at radius 3 is 2.44 bits per heavy atom. The summed E-state index contributed by atoms with van der Waals surface area (Å²) in [5.74, 6) is -0.695. The molecule has 3 heterocycles. The molecule has 0 bridgehead atoms. The fraction of sp³-hybridized carbons (Fsp3) is 0.375. The van der Waals surface area contributed by atoms with E-state index in [9.17, 15) is 19.2 Å². The van der Waals surface area contributed by atoms with Crippen LogP contribution in [0, 0.1) is 6.92 Å². The Kier molecular flexibility index (Phi) is 6.30. The lowest BCUT2D eigenvalue weighted by molar-refractivity contribution is -0.132. The Morgan fingerprint density at radius 1 is 1.03 bits per heavy atom. The molecule has 0 atom stereocenters. The highest BCUT2D eigenvalue weighted by Crippen LogP contribution is 2.24. The molecule has 0 spiro atoms. The third-order valence-electron chi connectivity index (χ3n) is 6.02. The normalized spacial score (nSPS) is 16.3. The Bertz CT molecular complexity index is 1050. The summed E-state index contributed by atoms with van der Waals surface area (Å²) in [6.07, 6.45) is 5.27. The smallest absolute Gasteiger partial charge is 0.261 e. The van der Waals surface area contributed by atoms with Gasteiger partial charge in [-0.2, -0.15) is 0 Å². The molecule has 8 heteroatoms. The zero-order valence-electron chi connectivity index (χ0n) is 18.0. The predicted molar refractivity (Wildman–Crippen MR) is 117 cm³/mol. The van der Waals surface area contributed by atoms with Crippen LogP contribution in [0.1, 0.15) is 62.3 Å². The molecule has 4 rings (SSSR count). The number of pyridine rings is 1. The van der Waals surface area contributed by atoms with E-state index in [2.05, 4.69) is 10.3 Å². The van der Waals surface area contributed by atoms with Crippen LogP contribution >= 0.6 is 0 Å². The number of carbonyl (C=O) groups excluding carboxylic acids is 4. The SMILES string of the molecule is Cc1ccc2c(c1)C(=O)N(CCCC(=O)N1CCC(NC(=O)c3ccncc3)CC1)C2=O. The van der Waals surface area contributed by atoms with Gasteiger partial charge in [-0.1, -0.05) is 11.6 Å². The second-order valence-electron chi connectivity index (χ2n) is 8.28. The molecular weight excluding hydrogens is 408 g/mol. The van der Waals surface area contributed by atoms with E-state index in [4.69, 9.17) is 0 Å². The van der Waals surface area contributed by atoms with Crippen molar-refractivity contribution in [2.24, 2.45) is 0 Å². The summed E-state index contributed by atoms with van der Waals surface area (Å²) >= 11 is 0. The third kappa shape index (κ3) is 4.54. The number of likely N-dealkylation sites (tertiary alicyclic amines) is 1. The third-order valence-corrected chi connectivity index (χ3v) is 6.02. The molecular formula is C24H26N4O4. The van der Waals surface area contributed by atoms with Crippen LogP contribution in [0.5, 0.6) is 0 Å². The van der Waals surface area contributed by atoms with Crippen LogP contribution in [0.15, 0.2) is 42.7 Å². The molecule has 0 radical (unpaired) electrons. The highest BCUT2D eigenvalue weighted by molar-refractivity contribution is 6.21. The van der Waals surface area contributed by atoms with Crippen LogP contribution in [-0.2, 0) is 4.79 Å². The van der Waals surface area contributed by atoms with Gasteiger partial charge in [0.05, 0.1) is 11.1 Å². The summed E-state index contributed by atoms with van der Waals surface area (Å²) in [6, 6.07) is 8.61. The maximum absolute atomic E-state index is 12.6. The zero-order valence-corrected chi connectivity index (χ0v) is 18.0. The number of piperidine rings is 1. The van der Waals surface area contributed by atoms with Gasteiger partial charge in [-0.05, 0) is 50.5 Å². The van der Waals surface area contributed by atoms with Crippen molar-refractivity contribution in [2.45, 2.75) is 38.6 Å². The number of fused-ring (bicyclic) bond motifs is 1. The molecule has 2 aliphatic rings. The minimum absolute atomic E-state index is 0.0105. The number of hydrogen-bond donors (Lipinski definition) is 1. The van der Waals surface area contributed by atoms with Crippen LogP contribution in [0.2, 0.25) is 0 Å². The number of imide groups is 1. The summed E-state index contributed by atoms with van der Waals surface area (Å²) in [4.78, 5) is 56.8. The Labute approximate surface area is 186 Å². The molecule has 2 aliphatic heterocycles. The van der Waals surface area contributed by atoms with Crippen LogP contribution < -0.4 is 5.32 Å². The van der Waals surface area contributed by atoms with Crippen LogP contribution in [-0.4, -0.2) is 64.1 Å². The number of nitrogens with one attached hydrogen (secondary N) is 1. The minimum atomic E-state index is -0.289. The number of nitrogens with zero attached hydrogens (tertiary/aromatic N) is 3. The van der Waals surface area contributed by atoms with Gasteiger partial charge in [-0.25, -0.2) is 0 Å². The van der Waals surface area contributed by atoms with Gasteiger partial charge in [0.1, 0.15) is 0 Å². The molecule has 0 unspecified atom stereocenters. The fourth-order valence-electron chi connectivity index (χ4n) is 4.20. The summed E-state index contributed by atoms with van der Waals surface area (Å²) in [6.45, 7) is 3.27. The van der Waals surface area contributed by atoms with Crippen molar-refractivity contribution in [3.63, 3.8) is 0 Å². The average molecular weight is 434 g/mol. The highest BCUT2D eigenvalue weighted by Gasteiger charge is 2.35. The number of aromatic nitrogens is 1. The average Bonchev–Trinajstić information content (AvgIpc) is 3.04. The molecule has 0 saturated carbocycles. The van der Waals surface area contributed by atoms with Gasteiger partial charge in [0.25, 0.3) is 17.7 Å². The first kappa shape index (κ1) is 21.7. The molecule has 1 aromatic heterocycles. The van der Waals surface area contributed by atoms with Crippen molar-refractivity contribution in [3.8, 4) is 0 Å². The maximum atomic E-state index is 12.6. The molecule has 1 aromatic carbocycles. The number of amides is 4. The van der Waals surface area contributed by atoms with E-state index < -0.39 is 0 Å². The number of benzene rings is 1. The van der Waals surface area contributed by atoms with E-state index in [1.165, 1.54) is 4.90 Å². The first-order valence-corrected chi connectivity index (χ1v) is 10.9. The Balaban J connectivity index is 1.21. The molecule has 1 fully saturated rings. The van der Waals surface area contributed by atoms with E-state index in [1.54, 1.807) is 41.6 Å². The summed E-state index contributed by atoms with van der Waals surface area (Å²) in [7, 11) is 0. The van der Waals surface area contributed by atoms with Crippen LogP contribution in [0.3, 0.4) is 0 Å². The van der Waals surface area contributed by atoms with Crippen molar-refractivity contribution < 1.29 is 19.2 Å². The minimum Gasteiger partial charge on any atom is -0.349 e. The number of aryl methyl sites for hydroxylation is 1. The quantitative estimate of drug-likeness (QED) is 0.703. The first-order valence-electron chi connectivity index (χ1n) is 10.9. The van der Waals surface area contributed by atoms with Crippen molar-refractivity contribution in [3.05, 3.63) is 65.0 Å². The summed E-state index contributed by atoms with van der Waals surface area (Å²) < 4.78 is 0. The van der Waals surface area contributed by atoms with Crippen molar-refractivity contribution in [1.29, 1.82) is 0 Å². The second kappa shape index (κ2) is 9.30.